The quantitative estimate of drug-likeness (QED) is 0.123. The van der Waals surface area contributed by atoms with Crippen molar-refractivity contribution in [1.29, 1.82) is 0 Å². The van der Waals surface area contributed by atoms with Crippen LogP contribution in [0.5, 0.6) is 11.5 Å². The number of hydrogen-bond acceptors (Lipinski definition) is 3. The maximum atomic E-state index is 9.05. The van der Waals surface area contributed by atoms with Crippen LogP contribution < -0.4 is 25.5 Å². The molecular formula is C61H46N6OSi. The predicted molar refractivity (Wildman–Crippen MR) is 284 cm³/mol. The highest BCUT2D eigenvalue weighted by Crippen LogP contribution is 2.47. The van der Waals surface area contributed by atoms with Crippen LogP contribution in [0.3, 0.4) is 0 Å². The van der Waals surface area contributed by atoms with E-state index in [1.54, 1.807) is 18.2 Å². The number of benzene rings is 9. The van der Waals surface area contributed by atoms with Gasteiger partial charge in [0.15, 0.2) is 8.07 Å². The monoisotopic (exact) mass is 912 g/mol. The molecule has 330 valence electrons. The summed E-state index contributed by atoms with van der Waals surface area (Å²) in [6.07, 6.45) is 0. The molecule has 9 aromatic carbocycles. The van der Waals surface area contributed by atoms with Crippen LogP contribution in [0.4, 0.5) is 0 Å². The van der Waals surface area contributed by atoms with Crippen molar-refractivity contribution < 1.29 is 13.0 Å². The van der Waals surface area contributed by atoms with Gasteiger partial charge in [-0.3, -0.25) is 17.9 Å². The first-order valence-corrected chi connectivity index (χ1v) is 25.3. The molecule has 0 N–H and O–H groups in total. The Bertz CT molecular complexity index is 4430. The highest BCUT2D eigenvalue weighted by molar-refractivity contribution is 7.20. The molecule has 5 heterocycles. The van der Waals surface area contributed by atoms with E-state index in [4.69, 9.17) is 22.9 Å². The summed E-state index contributed by atoms with van der Waals surface area (Å²) in [4.78, 5) is 10.4. The summed E-state index contributed by atoms with van der Waals surface area (Å²) in [5.41, 5.74) is 8.80. The molecule has 4 aromatic heterocycles. The van der Waals surface area contributed by atoms with Crippen molar-refractivity contribution in [2.45, 2.75) is 33.0 Å². The molecule has 0 atom stereocenters. The van der Waals surface area contributed by atoms with Gasteiger partial charge in [-0.15, -0.1) is 0 Å². The Labute approximate surface area is 408 Å². The molecule has 0 fully saturated rings. The molecule has 7 nitrogen and oxygen atoms in total. The minimum atomic E-state index is -3.30. The van der Waals surface area contributed by atoms with E-state index in [0.29, 0.717) is 39.3 Å². The summed E-state index contributed by atoms with van der Waals surface area (Å²) in [5.74, 6) is 2.73. The average Bonchev–Trinajstić information content (AvgIpc) is 4.33. The smallest absolute Gasteiger partial charge is 0.220 e. The van der Waals surface area contributed by atoms with E-state index in [-0.39, 0.29) is 16.5 Å². The van der Waals surface area contributed by atoms with Gasteiger partial charge in [-0.2, -0.15) is 0 Å². The number of aromatic nitrogens is 6. The van der Waals surface area contributed by atoms with Gasteiger partial charge in [-0.05, 0) is 106 Å². The molecule has 1 aliphatic heterocycles. The zero-order valence-electron chi connectivity index (χ0n) is 43.7. The average molecular weight is 913 g/mol. The number of aryl methyl sites for hydroxylation is 2. The maximum absolute atomic E-state index is 9.05. The van der Waals surface area contributed by atoms with Crippen LogP contribution in [-0.4, -0.2) is 36.0 Å². The van der Waals surface area contributed by atoms with Crippen molar-refractivity contribution in [3.05, 3.63) is 229 Å². The van der Waals surface area contributed by atoms with Gasteiger partial charge in [0.1, 0.15) is 11.5 Å². The normalized spacial score (nSPS) is 15.1. The van der Waals surface area contributed by atoms with Crippen LogP contribution in [0, 0.1) is 13.7 Å². The molecule has 8 heteroatoms. The number of fused-ring (bicyclic) bond motifs is 12. The second-order valence-electron chi connectivity index (χ2n) is 18.6. The minimum Gasteiger partial charge on any atom is -0.457 e. The fourth-order valence-corrected chi connectivity index (χ4v) is 16.4. The third-order valence-electron chi connectivity index (χ3n) is 14.6. The second kappa shape index (κ2) is 14.5. The zero-order chi connectivity index (χ0) is 51.2. The lowest BCUT2D eigenvalue weighted by Crippen LogP contribution is -2.75. The van der Waals surface area contributed by atoms with Gasteiger partial charge in [-0.25, -0.2) is 9.97 Å². The molecule has 0 saturated carbocycles. The highest BCUT2D eigenvalue weighted by atomic mass is 28.3. The number of hydrogen-bond donors (Lipinski definition) is 0. The lowest BCUT2D eigenvalue weighted by molar-refractivity contribution is 0.421. The van der Waals surface area contributed by atoms with E-state index < -0.39 is 21.8 Å². The van der Waals surface area contributed by atoms with Crippen LogP contribution in [0.25, 0.3) is 67.1 Å². The van der Waals surface area contributed by atoms with Crippen LogP contribution in [-0.2, 0) is 5.41 Å². The molecule has 0 saturated heterocycles. The molecule has 0 unspecified atom stereocenters. The first kappa shape index (κ1) is 33.9. The number of ether oxygens (including phenoxy) is 1. The van der Waals surface area contributed by atoms with Gasteiger partial charge in [0.2, 0.25) is 11.6 Å². The fourth-order valence-electron chi connectivity index (χ4n) is 11.5. The largest absolute Gasteiger partial charge is 0.457 e. The number of imidazole rings is 4. The van der Waals surface area contributed by atoms with Crippen LogP contribution >= 0.6 is 0 Å². The number of nitrogens with zero attached hydrogens (tertiary/aromatic N) is 6. The molecular weight excluding hydrogens is 861 g/mol. The predicted octanol–water partition coefficient (Wildman–Crippen LogP) is 11.6. The van der Waals surface area contributed by atoms with Crippen molar-refractivity contribution in [2.24, 2.45) is 0 Å². The number of para-hydroxylation sites is 7. The summed E-state index contributed by atoms with van der Waals surface area (Å²) in [7, 11) is -3.30. The molecule has 14 rings (SSSR count). The van der Waals surface area contributed by atoms with Crippen LogP contribution in [0.15, 0.2) is 206 Å². The molecule has 0 spiro atoms. The Morgan fingerprint density at radius 2 is 0.986 bits per heavy atom. The van der Waals surface area contributed by atoms with Crippen molar-refractivity contribution in [2.75, 3.05) is 0 Å². The molecule has 0 bridgehead atoms. The van der Waals surface area contributed by atoms with Crippen molar-refractivity contribution >= 4 is 84.5 Å². The van der Waals surface area contributed by atoms with Gasteiger partial charge in [0, 0.05) is 30.5 Å². The van der Waals surface area contributed by atoms with Crippen LogP contribution in [0.2, 0.25) is 0 Å². The minimum absolute atomic E-state index is 0.0798. The van der Waals surface area contributed by atoms with Gasteiger partial charge in [-0.1, -0.05) is 159 Å². The van der Waals surface area contributed by atoms with E-state index in [1.165, 1.54) is 10.4 Å². The Balaban J connectivity index is 1.05. The van der Waals surface area contributed by atoms with Gasteiger partial charge < -0.3 is 4.74 Å². The van der Waals surface area contributed by atoms with E-state index in [2.05, 4.69) is 150 Å². The summed E-state index contributed by atoms with van der Waals surface area (Å²) < 4.78 is 67.5. The summed E-state index contributed by atoms with van der Waals surface area (Å²) in [6, 6.07) is 70.3. The van der Waals surface area contributed by atoms with E-state index in [1.807, 2.05) is 69.6 Å². The molecule has 1 aliphatic rings. The van der Waals surface area contributed by atoms with Gasteiger partial charge >= 0.3 is 0 Å². The third kappa shape index (κ3) is 5.43. The summed E-state index contributed by atoms with van der Waals surface area (Å²) in [6.45, 7) is -0.426. The Morgan fingerprint density at radius 3 is 1.68 bits per heavy atom. The lowest BCUT2D eigenvalue weighted by Gasteiger charge is -2.40. The second-order valence-corrected chi connectivity index (χ2v) is 22.4. The SMILES string of the molecule is [2H]C([2H])([2H])c1cccc2c1nc1n(-c3cc(C([2H])([2H])[2H])c4nc5n(-c6cccc([Si](c7ccccc7)(c7ccccc7)c7cccc8c7Oc7ccccc7C8(C)C)c6)c6ccccc6n5c4c3)c3ccccc3n21. The summed E-state index contributed by atoms with van der Waals surface area (Å²) >= 11 is 0. The fraction of sp³-hybridized carbons (Fsp3) is 0.0820. The van der Waals surface area contributed by atoms with E-state index >= 15 is 0 Å². The molecule has 13 aromatic rings. The Hall–Kier alpha value is -8.46. The molecule has 0 radical (unpaired) electrons. The zero-order valence-corrected chi connectivity index (χ0v) is 38.7. The van der Waals surface area contributed by atoms with Crippen molar-refractivity contribution in [1.82, 2.24) is 27.9 Å². The van der Waals surface area contributed by atoms with E-state index in [0.717, 1.165) is 60.8 Å². The Kier molecular flexibility index (Phi) is 7.14. The third-order valence-corrected chi connectivity index (χ3v) is 19.4. The first-order valence-electron chi connectivity index (χ1n) is 26.3. The van der Waals surface area contributed by atoms with Gasteiger partial charge in [0.05, 0.1) is 49.8 Å². The number of rotatable bonds is 6. The van der Waals surface area contributed by atoms with Gasteiger partial charge in [0.25, 0.3) is 0 Å². The first-order chi connectivity index (χ1) is 36.2. The lowest BCUT2D eigenvalue weighted by atomic mass is 9.76. The molecule has 69 heavy (non-hydrogen) atoms. The highest BCUT2D eigenvalue weighted by Gasteiger charge is 2.47. The van der Waals surface area contributed by atoms with Crippen LogP contribution in [0.1, 0.15) is 44.3 Å². The van der Waals surface area contributed by atoms with Crippen molar-refractivity contribution in [3.63, 3.8) is 0 Å². The molecule has 0 aliphatic carbocycles. The molecule has 0 amide bonds. The Morgan fingerprint density at radius 1 is 0.449 bits per heavy atom. The summed E-state index contributed by atoms with van der Waals surface area (Å²) in [5, 5.41) is 4.64. The van der Waals surface area contributed by atoms with Crippen molar-refractivity contribution in [3.8, 4) is 22.9 Å². The standard InChI is InChI=1S/C61H46N6OSi/c1-39-20-17-33-52-56(39)62-60-65(49-30-13-14-31-50(49)66(52)60)42-36-40(2)57-53(38-42)67-51-32-15-12-29-48(51)64(59(67)63-57)41-21-18-26-45(37-41)69(43-22-7-5-8-23-43,44-24-9-6-10-25-44)55-35-19-28-47-58(55)68-54-34-16-11-27-46(54)61(47,3)4/h5-38H,1-4H3/i1D3,2D3. The maximum Gasteiger partial charge on any atom is 0.220 e. The topological polar surface area (TPSA) is 53.7 Å². The van der Waals surface area contributed by atoms with E-state index in [9.17, 15) is 0 Å².